The highest BCUT2D eigenvalue weighted by atomic mass is 32.2. The standard InChI is InChI=1S/C14H18N4O4S/c1-9-5-6-10(2)11(7-9)15-14-16-12(8-22-14)13(19)17-23(20,21)18(3)4/h5-8H,1-4H3,(H,15,16)(H,17,19). The highest BCUT2D eigenvalue weighted by Gasteiger charge is 2.21. The molecule has 0 fully saturated rings. The second kappa shape index (κ2) is 6.39. The van der Waals surface area contributed by atoms with E-state index in [1.807, 2.05) is 36.8 Å². The van der Waals surface area contributed by atoms with Gasteiger partial charge in [0.1, 0.15) is 6.26 Å². The molecule has 0 bridgehead atoms. The third-order valence-corrected chi connectivity index (χ3v) is 4.48. The van der Waals surface area contributed by atoms with Gasteiger partial charge in [0, 0.05) is 19.8 Å². The molecule has 2 aromatic rings. The first kappa shape index (κ1) is 17.0. The number of amides is 1. The van der Waals surface area contributed by atoms with E-state index in [9.17, 15) is 13.2 Å². The number of hydrogen-bond donors (Lipinski definition) is 2. The van der Waals surface area contributed by atoms with Gasteiger partial charge in [0.05, 0.1) is 0 Å². The molecule has 0 aliphatic rings. The zero-order valence-corrected chi connectivity index (χ0v) is 14.1. The first-order valence-corrected chi connectivity index (χ1v) is 8.17. The monoisotopic (exact) mass is 338 g/mol. The first-order chi connectivity index (χ1) is 10.7. The van der Waals surface area contributed by atoms with Crippen LogP contribution >= 0.6 is 0 Å². The molecule has 0 radical (unpaired) electrons. The molecular formula is C14H18N4O4S. The average Bonchev–Trinajstić information content (AvgIpc) is 2.91. The summed E-state index contributed by atoms with van der Waals surface area (Å²) in [6.45, 7) is 3.87. The van der Waals surface area contributed by atoms with E-state index in [2.05, 4.69) is 10.3 Å². The lowest BCUT2D eigenvalue weighted by Gasteiger charge is -2.10. The summed E-state index contributed by atoms with van der Waals surface area (Å²) in [6.07, 6.45) is 1.09. The molecular weight excluding hydrogens is 320 g/mol. The van der Waals surface area contributed by atoms with Crippen LogP contribution in [-0.4, -0.2) is 37.7 Å². The van der Waals surface area contributed by atoms with Gasteiger partial charge in [-0.15, -0.1) is 0 Å². The minimum absolute atomic E-state index is 0.103. The lowest BCUT2D eigenvalue weighted by molar-refractivity contribution is 0.0975. The fraction of sp³-hybridized carbons (Fsp3) is 0.286. The quantitative estimate of drug-likeness (QED) is 0.857. The van der Waals surface area contributed by atoms with Crippen molar-refractivity contribution in [2.45, 2.75) is 13.8 Å². The topological polar surface area (TPSA) is 105 Å². The number of aromatic nitrogens is 1. The van der Waals surface area contributed by atoms with Crippen LogP contribution in [0.1, 0.15) is 21.6 Å². The van der Waals surface area contributed by atoms with E-state index < -0.39 is 16.1 Å². The van der Waals surface area contributed by atoms with E-state index >= 15 is 0 Å². The minimum Gasteiger partial charge on any atom is -0.431 e. The molecule has 0 saturated heterocycles. The molecule has 124 valence electrons. The summed E-state index contributed by atoms with van der Waals surface area (Å²) in [5.74, 6) is -0.864. The number of anilines is 2. The van der Waals surface area contributed by atoms with Crippen LogP contribution in [0.3, 0.4) is 0 Å². The van der Waals surface area contributed by atoms with Gasteiger partial charge >= 0.3 is 10.2 Å². The second-order valence-corrected chi connectivity index (χ2v) is 7.08. The van der Waals surface area contributed by atoms with Crippen molar-refractivity contribution in [1.29, 1.82) is 0 Å². The van der Waals surface area contributed by atoms with Gasteiger partial charge < -0.3 is 9.73 Å². The Hall–Kier alpha value is -2.39. The van der Waals surface area contributed by atoms with Gasteiger partial charge in [0.2, 0.25) is 0 Å². The van der Waals surface area contributed by atoms with Crippen LogP contribution in [0.5, 0.6) is 0 Å². The fourth-order valence-electron chi connectivity index (χ4n) is 1.68. The largest absolute Gasteiger partial charge is 0.431 e. The summed E-state index contributed by atoms with van der Waals surface area (Å²) < 4.78 is 31.2. The lowest BCUT2D eigenvalue weighted by atomic mass is 10.1. The van der Waals surface area contributed by atoms with Gasteiger partial charge in [0.25, 0.3) is 11.9 Å². The summed E-state index contributed by atoms with van der Waals surface area (Å²) >= 11 is 0. The third kappa shape index (κ3) is 4.08. The molecule has 1 amide bonds. The summed E-state index contributed by atoms with van der Waals surface area (Å²) in [4.78, 5) is 15.8. The molecule has 0 aliphatic heterocycles. The van der Waals surface area contributed by atoms with E-state index in [1.54, 1.807) is 0 Å². The van der Waals surface area contributed by atoms with E-state index in [0.717, 1.165) is 27.4 Å². The molecule has 1 aromatic carbocycles. The van der Waals surface area contributed by atoms with Gasteiger partial charge in [-0.2, -0.15) is 17.7 Å². The third-order valence-electron chi connectivity index (χ3n) is 3.07. The van der Waals surface area contributed by atoms with Crippen LogP contribution in [0, 0.1) is 13.8 Å². The maximum atomic E-state index is 11.9. The normalized spacial score (nSPS) is 11.5. The molecule has 9 heteroatoms. The van der Waals surface area contributed by atoms with Crippen LogP contribution in [0.15, 0.2) is 28.9 Å². The predicted octanol–water partition coefficient (Wildman–Crippen LogP) is 1.57. The molecule has 0 spiro atoms. The van der Waals surface area contributed by atoms with E-state index in [4.69, 9.17) is 4.42 Å². The molecule has 2 rings (SSSR count). The highest BCUT2D eigenvalue weighted by Crippen LogP contribution is 2.21. The van der Waals surface area contributed by atoms with Gasteiger partial charge in [-0.25, -0.2) is 4.72 Å². The van der Waals surface area contributed by atoms with Gasteiger partial charge in [-0.1, -0.05) is 12.1 Å². The fourth-order valence-corrected chi connectivity index (χ4v) is 2.20. The average molecular weight is 338 g/mol. The number of rotatable bonds is 5. The summed E-state index contributed by atoms with van der Waals surface area (Å²) in [5.41, 5.74) is 2.69. The Morgan fingerprint density at radius 2 is 1.96 bits per heavy atom. The molecule has 23 heavy (non-hydrogen) atoms. The van der Waals surface area contributed by atoms with Crippen molar-refractivity contribution >= 4 is 27.8 Å². The van der Waals surface area contributed by atoms with Gasteiger partial charge in [-0.05, 0) is 31.0 Å². The lowest BCUT2D eigenvalue weighted by Crippen LogP contribution is -2.39. The Bertz CT molecular complexity index is 827. The van der Waals surface area contributed by atoms with Crippen LogP contribution in [0.4, 0.5) is 11.7 Å². The molecule has 0 saturated carbocycles. The number of carbonyl (C=O) groups is 1. The van der Waals surface area contributed by atoms with Crippen molar-refractivity contribution in [1.82, 2.24) is 14.0 Å². The van der Waals surface area contributed by atoms with Crippen LogP contribution in [0.2, 0.25) is 0 Å². The van der Waals surface area contributed by atoms with Crippen molar-refractivity contribution in [3.8, 4) is 0 Å². The van der Waals surface area contributed by atoms with Crippen LogP contribution in [-0.2, 0) is 10.2 Å². The molecule has 1 aromatic heterocycles. The zero-order chi connectivity index (χ0) is 17.2. The first-order valence-electron chi connectivity index (χ1n) is 6.73. The molecule has 2 N–H and O–H groups in total. The molecule has 0 aliphatic carbocycles. The predicted molar refractivity (Wildman–Crippen MR) is 85.8 cm³/mol. The highest BCUT2D eigenvalue weighted by molar-refractivity contribution is 7.87. The summed E-state index contributed by atoms with van der Waals surface area (Å²) in [6, 6.07) is 5.93. The summed E-state index contributed by atoms with van der Waals surface area (Å²) in [5, 5.41) is 2.96. The molecule has 0 atom stereocenters. The minimum atomic E-state index is -3.88. The van der Waals surface area contributed by atoms with Gasteiger partial charge in [0.15, 0.2) is 5.69 Å². The van der Waals surface area contributed by atoms with E-state index in [1.165, 1.54) is 14.1 Å². The number of nitrogens with one attached hydrogen (secondary N) is 2. The Balaban J connectivity index is 2.15. The Kier molecular flexibility index (Phi) is 4.71. The van der Waals surface area contributed by atoms with E-state index in [0.29, 0.717) is 0 Å². The van der Waals surface area contributed by atoms with Gasteiger partial charge in [-0.3, -0.25) is 4.79 Å². The molecule has 0 unspecified atom stereocenters. The van der Waals surface area contributed by atoms with Crippen molar-refractivity contribution < 1.29 is 17.6 Å². The van der Waals surface area contributed by atoms with Crippen LogP contribution in [0.25, 0.3) is 0 Å². The smallest absolute Gasteiger partial charge is 0.303 e. The van der Waals surface area contributed by atoms with Crippen molar-refractivity contribution in [2.24, 2.45) is 0 Å². The number of nitrogens with zero attached hydrogens (tertiary/aromatic N) is 2. The van der Waals surface area contributed by atoms with Crippen LogP contribution < -0.4 is 10.0 Å². The number of hydrogen-bond acceptors (Lipinski definition) is 6. The molecule has 1 heterocycles. The number of oxazole rings is 1. The Morgan fingerprint density at radius 1 is 1.26 bits per heavy atom. The second-order valence-electron chi connectivity index (χ2n) is 5.20. The van der Waals surface area contributed by atoms with Crippen molar-refractivity contribution in [3.63, 3.8) is 0 Å². The van der Waals surface area contributed by atoms with Crippen molar-refractivity contribution in [2.75, 3.05) is 19.4 Å². The Labute approximate surface area is 134 Å². The van der Waals surface area contributed by atoms with Crippen molar-refractivity contribution in [3.05, 3.63) is 41.3 Å². The number of benzene rings is 1. The SMILES string of the molecule is Cc1ccc(C)c(Nc2nc(C(=O)NS(=O)(=O)N(C)C)co2)c1. The van der Waals surface area contributed by atoms with E-state index in [-0.39, 0.29) is 11.7 Å². The maximum absolute atomic E-state index is 11.9. The summed E-state index contributed by atoms with van der Waals surface area (Å²) in [7, 11) is -1.25. The Morgan fingerprint density at radius 3 is 2.61 bits per heavy atom. The number of aryl methyl sites for hydroxylation is 2. The number of carbonyl (C=O) groups excluding carboxylic acids is 1. The zero-order valence-electron chi connectivity index (χ0n) is 13.2. The maximum Gasteiger partial charge on any atom is 0.303 e. The molecule has 8 nitrogen and oxygen atoms in total.